The maximum absolute atomic E-state index is 12.4. The van der Waals surface area contributed by atoms with E-state index in [9.17, 15) is 9.59 Å². The zero-order valence-corrected chi connectivity index (χ0v) is 21.3. The molecule has 0 spiro atoms. The van der Waals surface area contributed by atoms with Crippen molar-refractivity contribution in [2.75, 3.05) is 25.6 Å². The fourth-order valence-electron chi connectivity index (χ4n) is 5.20. The average molecular weight is 513 g/mol. The van der Waals surface area contributed by atoms with Gasteiger partial charge in [-0.1, -0.05) is 19.9 Å². The molecule has 2 aliphatic heterocycles. The normalized spacial score (nSPS) is 15.4. The van der Waals surface area contributed by atoms with E-state index in [0.29, 0.717) is 35.7 Å². The summed E-state index contributed by atoms with van der Waals surface area (Å²) in [4.78, 5) is 36.0. The third-order valence-electron chi connectivity index (χ3n) is 7.30. The number of ether oxygens (including phenoxy) is 2. The topological polar surface area (TPSA) is 125 Å². The summed E-state index contributed by atoms with van der Waals surface area (Å²) < 4.78 is 12.4. The summed E-state index contributed by atoms with van der Waals surface area (Å²) in [5.41, 5.74) is 11.3. The minimum atomic E-state index is -0.0402. The van der Waals surface area contributed by atoms with E-state index < -0.39 is 0 Å². The van der Waals surface area contributed by atoms with Crippen LogP contribution in [0, 0.1) is 5.92 Å². The summed E-state index contributed by atoms with van der Waals surface area (Å²) in [6.07, 6.45) is 5.66. The van der Waals surface area contributed by atoms with Gasteiger partial charge >= 0.3 is 0 Å². The van der Waals surface area contributed by atoms with Crippen molar-refractivity contribution in [3.05, 3.63) is 54.0 Å². The Balaban J connectivity index is 1.32. The Labute approximate surface area is 219 Å². The number of carbonyl (C=O) groups excluding carboxylic acids is 2. The Bertz CT molecular complexity index is 1540. The van der Waals surface area contributed by atoms with Crippen LogP contribution in [-0.2, 0) is 4.79 Å². The zero-order chi connectivity index (χ0) is 26.4. The first-order chi connectivity index (χ1) is 18.4. The number of anilines is 1. The molecule has 0 radical (unpaired) electrons. The lowest BCUT2D eigenvalue weighted by Gasteiger charge is -2.33. The number of carbonyl (C=O) groups is 2. The van der Waals surface area contributed by atoms with Crippen LogP contribution in [0.25, 0.3) is 28.0 Å². The summed E-state index contributed by atoms with van der Waals surface area (Å²) in [5.74, 6) is 1.82. The van der Waals surface area contributed by atoms with Gasteiger partial charge in [0.15, 0.2) is 23.4 Å². The average Bonchev–Trinajstić information content (AvgIpc) is 3.59. The first-order valence-corrected chi connectivity index (χ1v) is 12.7. The van der Waals surface area contributed by atoms with Crippen LogP contribution in [0.2, 0.25) is 0 Å². The summed E-state index contributed by atoms with van der Waals surface area (Å²) in [5, 5.41) is 4.42. The lowest BCUT2D eigenvalue weighted by Crippen LogP contribution is -2.40. The van der Waals surface area contributed by atoms with E-state index in [2.05, 4.69) is 10.1 Å². The van der Waals surface area contributed by atoms with Crippen LogP contribution in [0.5, 0.6) is 11.5 Å². The van der Waals surface area contributed by atoms with E-state index in [0.717, 1.165) is 47.3 Å². The molecule has 1 aromatic carbocycles. The summed E-state index contributed by atoms with van der Waals surface area (Å²) in [6.45, 7) is 5.30. The quantitative estimate of drug-likeness (QED) is 0.399. The first-order valence-electron chi connectivity index (χ1n) is 12.7. The molecule has 38 heavy (non-hydrogen) atoms. The number of rotatable bonds is 5. The van der Waals surface area contributed by atoms with Crippen molar-refractivity contribution in [1.29, 1.82) is 0 Å². The summed E-state index contributed by atoms with van der Waals surface area (Å²) in [7, 11) is 0. The molecule has 1 fully saturated rings. The second kappa shape index (κ2) is 9.44. The molecule has 6 rings (SSSR count). The van der Waals surface area contributed by atoms with Crippen molar-refractivity contribution in [3.63, 3.8) is 0 Å². The van der Waals surface area contributed by atoms with Gasteiger partial charge < -0.3 is 20.1 Å². The third kappa shape index (κ3) is 4.02. The second-order valence-corrected chi connectivity index (χ2v) is 9.96. The standard InChI is InChI=1S/C28H28N6O4/c1-16(2)28(36)33-9-7-17(8-10-33)25-21(14-35)26(29)34-27(32-25)20(13-31-34)19-3-5-22(30-12-19)18-4-6-23-24(11-18)38-15-37-23/h3-6,11-14,16-17H,7-10,15,29H2,1-2H3. The number of benzene rings is 1. The Morgan fingerprint density at radius 1 is 1.08 bits per heavy atom. The van der Waals surface area contributed by atoms with Gasteiger partial charge in [0.25, 0.3) is 0 Å². The van der Waals surface area contributed by atoms with Gasteiger partial charge in [0.2, 0.25) is 12.7 Å². The monoisotopic (exact) mass is 512 g/mol. The van der Waals surface area contributed by atoms with Crippen LogP contribution < -0.4 is 15.2 Å². The molecular formula is C28H28N6O4. The van der Waals surface area contributed by atoms with E-state index in [1.165, 1.54) is 4.52 Å². The first kappa shape index (κ1) is 23.9. The van der Waals surface area contributed by atoms with Crippen molar-refractivity contribution in [1.82, 2.24) is 24.5 Å². The van der Waals surface area contributed by atoms with Gasteiger partial charge in [0.05, 0.1) is 23.1 Å². The Morgan fingerprint density at radius 3 is 2.55 bits per heavy atom. The van der Waals surface area contributed by atoms with Gasteiger partial charge in [-0.2, -0.15) is 9.61 Å². The number of fused-ring (bicyclic) bond motifs is 2. The smallest absolute Gasteiger partial charge is 0.231 e. The summed E-state index contributed by atoms with van der Waals surface area (Å²) in [6, 6.07) is 9.63. The highest BCUT2D eigenvalue weighted by atomic mass is 16.7. The molecule has 5 heterocycles. The largest absolute Gasteiger partial charge is 0.454 e. The molecule has 0 aliphatic carbocycles. The fourth-order valence-corrected chi connectivity index (χ4v) is 5.20. The molecule has 10 nitrogen and oxygen atoms in total. The zero-order valence-electron chi connectivity index (χ0n) is 21.3. The SMILES string of the molecule is CC(C)C(=O)N1CCC(c2nc3c(-c4ccc(-c5ccc6c(c5)OCO6)nc4)cnn3c(N)c2C=O)CC1. The molecule has 0 unspecified atom stereocenters. The van der Waals surface area contributed by atoms with Crippen molar-refractivity contribution >= 4 is 23.7 Å². The van der Waals surface area contributed by atoms with Crippen LogP contribution in [0.15, 0.2) is 42.7 Å². The number of pyridine rings is 1. The number of hydrogen-bond acceptors (Lipinski definition) is 8. The molecular weight excluding hydrogens is 484 g/mol. The van der Waals surface area contributed by atoms with Crippen LogP contribution in [0.1, 0.15) is 48.7 Å². The number of likely N-dealkylation sites (tertiary alicyclic amines) is 1. The predicted octanol–water partition coefficient (Wildman–Crippen LogP) is 3.94. The maximum atomic E-state index is 12.4. The molecule has 3 aromatic heterocycles. The minimum Gasteiger partial charge on any atom is -0.454 e. The summed E-state index contributed by atoms with van der Waals surface area (Å²) >= 11 is 0. The molecule has 0 bridgehead atoms. The highest BCUT2D eigenvalue weighted by molar-refractivity contribution is 5.87. The second-order valence-electron chi connectivity index (χ2n) is 9.96. The number of aldehydes is 1. The van der Waals surface area contributed by atoms with Crippen LogP contribution in [0.4, 0.5) is 5.82 Å². The maximum Gasteiger partial charge on any atom is 0.231 e. The number of nitrogens with two attached hydrogens (primary N) is 1. The minimum absolute atomic E-state index is 0.0213. The molecule has 4 aromatic rings. The van der Waals surface area contributed by atoms with Crippen molar-refractivity contribution < 1.29 is 19.1 Å². The Kier molecular flexibility index (Phi) is 5.94. The van der Waals surface area contributed by atoms with Gasteiger partial charge in [0.1, 0.15) is 5.82 Å². The van der Waals surface area contributed by atoms with Gasteiger partial charge in [-0.15, -0.1) is 0 Å². The van der Waals surface area contributed by atoms with E-state index in [1.807, 2.05) is 49.1 Å². The van der Waals surface area contributed by atoms with Gasteiger partial charge in [-0.05, 0) is 37.1 Å². The molecule has 0 saturated carbocycles. The Hall–Kier alpha value is -4.47. The molecule has 10 heteroatoms. The molecule has 1 saturated heterocycles. The third-order valence-corrected chi connectivity index (χ3v) is 7.30. The van der Waals surface area contributed by atoms with Gasteiger partial charge in [-0.3, -0.25) is 14.6 Å². The number of nitrogen functional groups attached to an aromatic ring is 1. The molecule has 1 amide bonds. The number of aromatic nitrogens is 4. The molecule has 2 N–H and O–H groups in total. The molecule has 2 aliphatic rings. The van der Waals surface area contributed by atoms with E-state index in [-0.39, 0.29) is 30.4 Å². The van der Waals surface area contributed by atoms with E-state index >= 15 is 0 Å². The van der Waals surface area contributed by atoms with E-state index in [1.54, 1.807) is 12.4 Å². The lowest BCUT2D eigenvalue weighted by atomic mass is 9.90. The number of hydrogen-bond donors (Lipinski definition) is 1. The highest BCUT2D eigenvalue weighted by Gasteiger charge is 2.29. The van der Waals surface area contributed by atoms with Crippen molar-refractivity contribution in [2.45, 2.75) is 32.6 Å². The lowest BCUT2D eigenvalue weighted by molar-refractivity contribution is -0.135. The highest BCUT2D eigenvalue weighted by Crippen LogP contribution is 2.37. The van der Waals surface area contributed by atoms with Crippen LogP contribution in [-0.4, -0.2) is 56.6 Å². The molecule has 194 valence electrons. The number of nitrogens with zero attached hydrogens (tertiary/aromatic N) is 5. The van der Waals surface area contributed by atoms with Crippen molar-refractivity contribution in [3.8, 4) is 33.9 Å². The predicted molar refractivity (Wildman–Crippen MR) is 141 cm³/mol. The van der Waals surface area contributed by atoms with Crippen LogP contribution in [0.3, 0.4) is 0 Å². The fraction of sp³-hybridized carbons (Fsp3) is 0.321. The molecule has 0 atom stereocenters. The van der Waals surface area contributed by atoms with Gasteiger partial charge in [-0.25, -0.2) is 4.98 Å². The van der Waals surface area contributed by atoms with Crippen molar-refractivity contribution in [2.24, 2.45) is 5.92 Å². The number of piperidine rings is 1. The Morgan fingerprint density at radius 2 is 1.84 bits per heavy atom. The van der Waals surface area contributed by atoms with E-state index in [4.69, 9.17) is 20.2 Å². The van der Waals surface area contributed by atoms with Crippen LogP contribution >= 0.6 is 0 Å². The number of amides is 1. The van der Waals surface area contributed by atoms with Gasteiger partial charge in [0, 0.05) is 47.8 Å².